The van der Waals surface area contributed by atoms with Crippen molar-refractivity contribution in [1.82, 2.24) is 10.3 Å². The van der Waals surface area contributed by atoms with Gasteiger partial charge in [-0.25, -0.2) is 4.39 Å². The smallest absolute Gasteiger partial charge is 0.272 e. The molecule has 4 rings (SSSR count). The van der Waals surface area contributed by atoms with Crippen LogP contribution in [0.25, 0.3) is 20.7 Å². The van der Waals surface area contributed by atoms with Crippen molar-refractivity contribution >= 4 is 38.8 Å². The van der Waals surface area contributed by atoms with E-state index in [0.29, 0.717) is 5.75 Å². The molecule has 0 fully saturated rings. The normalized spacial score (nSPS) is 12.1. The summed E-state index contributed by atoms with van der Waals surface area (Å²) in [6.07, 6.45) is 1.59. The zero-order valence-corrected chi connectivity index (χ0v) is 18.6. The fourth-order valence-corrected chi connectivity index (χ4v) is 4.32. The van der Waals surface area contributed by atoms with Crippen LogP contribution in [0.1, 0.15) is 12.5 Å². The monoisotopic (exact) mass is 471 g/mol. The average molecular weight is 472 g/mol. The number of nitro groups is 1. The van der Waals surface area contributed by atoms with E-state index in [1.165, 1.54) is 23.5 Å². The van der Waals surface area contributed by atoms with Gasteiger partial charge in [-0.1, -0.05) is 24.3 Å². The van der Waals surface area contributed by atoms with Crippen molar-refractivity contribution in [1.29, 1.82) is 0 Å². The van der Waals surface area contributed by atoms with Crippen LogP contribution in [0.4, 0.5) is 10.1 Å². The fourth-order valence-electron chi connectivity index (χ4n) is 3.14. The topological polar surface area (TPSA) is 77.3 Å². The number of nitrogens with zero attached hydrogens (tertiary/aromatic N) is 2. The van der Waals surface area contributed by atoms with Crippen LogP contribution < -0.4 is 10.1 Å². The maximum Gasteiger partial charge on any atom is 0.272 e. The van der Waals surface area contributed by atoms with Gasteiger partial charge in [0.05, 0.1) is 21.2 Å². The molecule has 164 valence electrons. The molecule has 0 spiro atoms. The quantitative estimate of drug-likeness (QED) is 0.180. The third kappa shape index (κ3) is 5.04. The fraction of sp³-hybridized carbons (Fsp3) is 0.174. The van der Waals surface area contributed by atoms with E-state index < -0.39 is 10.7 Å². The van der Waals surface area contributed by atoms with E-state index in [-0.39, 0.29) is 16.8 Å². The molecule has 6 nitrogen and oxygen atoms in total. The van der Waals surface area contributed by atoms with Crippen molar-refractivity contribution in [2.45, 2.75) is 18.8 Å². The number of alkyl halides is 1. The maximum atomic E-state index is 14.3. The first-order chi connectivity index (χ1) is 15.4. The first-order valence-corrected chi connectivity index (χ1v) is 11.1. The Bertz CT molecular complexity index is 1260. The Labute approximate surface area is 192 Å². The van der Waals surface area contributed by atoms with Gasteiger partial charge in [0.1, 0.15) is 5.75 Å². The summed E-state index contributed by atoms with van der Waals surface area (Å²) >= 11 is 7.44. The van der Waals surface area contributed by atoms with Crippen molar-refractivity contribution in [3.8, 4) is 21.9 Å². The zero-order chi connectivity index (χ0) is 22.7. The largest absolute Gasteiger partial charge is 0.453 e. The summed E-state index contributed by atoms with van der Waals surface area (Å²) in [6, 6.07) is 15.1. The van der Waals surface area contributed by atoms with Gasteiger partial charge in [-0.3, -0.25) is 15.1 Å². The van der Waals surface area contributed by atoms with Gasteiger partial charge < -0.3 is 10.1 Å². The number of fused-ring (bicyclic) bond motifs is 1. The van der Waals surface area contributed by atoms with Gasteiger partial charge in [0.2, 0.25) is 0 Å². The van der Waals surface area contributed by atoms with Crippen LogP contribution >= 0.6 is 22.9 Å². The number of aromatic nitrogens is 1. The predicted octanol–water partition coefficient (Wildman–Crippen LogP) is 6.52. The Morgan fingerprint density at radius 1 is 1.19 bits per heavy atom. The second kappa shape index (κ2) is 9.60. The summed E-state index contributed by atoms with van der Waals surface area (Å²) in [4.78, 5) is 15.6. The Morgan fingerprint density at radius 3 is 2.66 bits per heavy atom. The van der Waals surface area contributed by atoms with Crippen molar-refractivity contribution < 1.29 is 14.1 Å². The summed E-state index contributed by atoms with van der Waals surface area (Å²) in [5.74, 6) is -0.440. The summed E-state index contributed by atoms with van der Waals surface area (Å²) in [5, 5.41) is 14.2. The number of halogens is 2. The summed E-state index contributed by atoms with van der Waals surface area (Å²) in [5.41, 5.74) is 2.59. The lowest BCUT2D eigenvalue weighted by molar-refractivity contribution is -0.385. The lowest BCUT2D eigenvalue weighted by Gasteiger charge is -2.07. The Hall–Kier alpha value is -3.07. The molecule has 1 atom stereocenters. The van der Waals surface area contributed by atoms with E-state index in [9.17, 15) is 14.5 Å². The van der Waals surface area contributed by atoms with E-state index in [4.69, 9.17) is 16.3 Å². The van der Waals surface area contributed by atoms with E-state index in [2.05, 4.69) is 22.4 Å². The minimum Gasteiger partial charge on any atom is -0.453 e. The van der Waals surface area contributed by atoms with Crippen LogP contribution in [-0.2, 0) is 6.54 Å². The van der Waals surface area contributed by atoms with Gasteiger partial charge >= 0.3 is 0 Å². The van der Waals surface area contributed by atoms with E-state index in [1.54, 1.807) is 12.3 Å². The molecule has 0 amide bonds. The molecule has 2 aromatic carbocycles. The Morgan fingerprint density at radius 2 is 1.97 bits per heavy atom. The first kappa shape index (κ1) is 22.1. The molecule has 0 bridgehead atoms. The van der Waals surface area contributed by atoms with Gasteiger partial charge in [0.25, 0.3) is 5.69 Å². The highest BCUT2D eigenvalue weighted by Crippen LogP contribution is 2.39. The van der Waals surface area contributed by atoms with Crippen molar-refractivity contribution in [3.63, 3.8) is 0 Å². The number of rotatable bonds is 8. The first-order valence-electron chi connectivity index (χ1n) is 9.85. The van der Waals surface area contributed by atoms with Gasteiger partial charge in [-0.15, -0.1) is 22.9 Å². The lowest BCUT2D eigenvalue weighted by atomic mass is 10.1. The number of non-ortho nitro benzene ring substituents is 1. The second-order valence-corrected chi connectivity index (χ2v) is 9.01. The second-order valence-electron chi connectivity index (χ2n) is 7.22. The number of ether oxygens (including phenoxy) is 1. The summed E-state index contributed by atoms with van der Waals surface area (Å²) in [6.45, 7) is 3.43. The van der Waals surface area contributed by atoms with Crippen molar-refractivity contribution in [2.24, 2.45) is 0 Å². The average Bonchev–Trinajstić information content (AvgIpc) is 3.20. The number of pyridine rings is 1. The van der Waals surface area contributed by atoms with E-state index in [0.717, 1.165) is 45.4 Å². The predicted molar refractivity (Wildman–Crippen MR) is 125 cm³/mol. The molecule has 0 aliphatic heterocycles. The molecule has 0 saturated carbocycles. The third-order valence-electron chi connectivity index (χ3n) is 4.72. The highest BCUT2D eigenvalue weighted by molar-refractivity contribution is 7.22. The Balaban J connectivity index is 1.57. The van der Waals surface area contributed by atoms with E-state index >= 15 is 0 Å². The molecule has 1 N–H and O–H groups in total. The van der Waals surface area contributed by atoms with Crippen molar-refractivity contribution in [2.75, 3.05) is 6.54 Å². The Kier molecular flexibility index (Phi) is 6.64. The zero-order valence-electron chi connectivity index (χ0n) is 17.0. The van der Waals surface area contributed by atoms with Gasteiger partial charge in [-0.2, -0.15) is 0 Å². The highest BCUT2D eigenvalue weighted by Gasteiger charge is 2.15. The summed E-state index contributed by atoms with van der Waals surface area (Å²) < 4.78 is 20.8. The molecule has 1 unspecified atom stereocenters. The molecule has 0 aliphatic carbocycles. The lowest BCUT2D eigenvalue weighted by Crippen LogP contribution is -2.20. The number of hydrogen-bond donors (Lipinski definition) is 1. The van der Waals surface area contributed by atoms with Gasteiger partial charge in [-0.05, 0) is 30.2 Å². The number of benzene rings is 2. The van der Waals surface area contributed by atoms with Crippen molar-refractivity contribution in [3.05, 3.63) is 82.3 Å². The molecule has 0 aliphatic rings. The molecule has 0 saturated heterocycles. The molecular weight excluding hydrogens is 453 g/mol. The maximum absolute atomic E-state index is 14.3. The number of nitrogens with one attached hydrogen (secondary N) is 1. The third-order valence-corrected chi connectivity index (χ3v) is 6.06. The van der Waals surface area contributed by atoms with Crippen LogP contribution in [-0.4, -0.2) is 21.8 Å². The minimum atomic E-state index is -0.797. The van der Waals surface area contributed by atoms with Crippen LogP contribution in [0.2, 0.25) is 0 Å². The van der Waals surface area contributed by atoms with Crippen LogP contribution in [0, 0.1) is 15.9 Å². The molecule has 32 heavy (non-hydrogen) atoms. The van der Waals surface area contributed by atoms with Gasteiger partial charge in [0, 0.05) is 41.7 Å². The SMILES string of the molecule is CC(Cl)CNCc1ccc(-c2cc3nccc(Oc4ccc([N+](=O)[O-])cc4F)c3s2)cc1. The molecule has 9 heteroatoms. The molecule has 0 radical (unpaired) electrons. The molecular formula is C23H19ClFN3O3S. The number of thiophene rings is 1. The summed E-state index contributed by atoms with van der Waals surface area (Å²) in [7, 11) is 0. The molecule has 4 aromatic rings. The molecule has 2 heterocycles. The van der Waals surface area contributed by atoms with Crippen LogP contribution in [0.15, 0.2) is 60.8 Å². The standard InChI is InChI=1S/C23H19ClFN3O3S/c1-14(24)12-26-13-15-2-4-16(5-3-15)22-11-19-23(32-22)21(8-9-27-19)31-20-7-6-17(28(29)30)10-18(20)25/h2-11,14,26H,12-13H2,1H3. The number of nitro benzene ring substituents is 1. The van der Waals surface area contributed by atoms with Crippen LogP contribution in [0.5, 0.6) is 11.5 Å². The highest BCUT2D eigenvalue weighted by atomic mass is 35.5. The van der Waals surface area contributed by atoms with E-state index in [1.807, 2.05) is 25.1 Å². The van der Waals surface area contributed by atoms with Crippen LogP contribution in [0.3, 0.4) is 0 Å². The van der Waals surface area contributed by atoms with Gasteiger partial charge in [0.15, 0.2) is 11.6 Å². The molecule has 2 aromatic heterocycles. The minimum absolute atomic E-state index is 0.0798. The number of hydrogen-bond acceptors (Lipinski definition) is 6.